The minimum absolute atomic E-state index is 0.118. The first-order chi connectivity index (χ1) is 12.0. The van der Waals surface area contributed by atoms with E-state index in [4.69, 9.17) is 9.47 Å². The number of hydrogen-bond acceptors (Lipinski definition) is 6. The molecule has 2 aromatic carbocycles. The first kappa shape index (κ1) is 16.4. The molecule has 0 saturated heterocycles. The van der Waals surface area contributed by atoms with E-state index in [0.29, 0.717) is 16.9 Å². The van der Waals surface area contributed by atoms with Gasteiger partial charge in [-0.2, -0.15) is 0 Å². The second-order valence-electron chi connectivity index (χ2n) is 5.51. The highest BCUT2D eigenvalue weighted by molar-refractivity contribution is 5.82. The van der Waals surface area contributed by atoms with Crippen LogP contribution in [-0.4, -0.2) is 27.7 Å². The molecule has 25 heavy (non-hydrogen) atoms. The van der Waals surface area contributed by atoms with E-state index in [2.05, 4.69) is 0 Å². The van der Waals surface area contributed by atoms with Gasteiger partial charge in [0.15, 0.2) is 23.9 Å². The fourth-order valence-corrected chi connectivity index (χ4v) is 2.18. The van der Waals surface area contributed by atoms with E-state index < -0.39 is 0 Å². The molecule has 3 rings (SSSR count). The molecule has 1 heterocycles. The Kier molecular flexibility index (Phi) is 4.61. The maximum atomic E-state index is 11.9. The van der Waals surface area contributed by atoms with Gasteiger partial charge < -0.3 is 24.8 Å². The highest BCUT2D eigenvalue weighted by Crippen LogP contribution is 2.30. The third-order valence-corrected chi connectivity index (χ3v) is 3.46. The van der Waals surface area contributed by atoms with E-state index in [9.17, 15) is 20.1 Å². The second kappa shape index (κ2) is 7.00. The molecule has 0 saturated carbocycles. The van der Waals surface area contributed by atoms with Crippen molar-refractivity contribution < 1.29 is 29.6 Å². The summed E-state index contributed by atoms with van der Waals surface area (Å²) in [6.45, 7) is -0.123. The van der Waals surface area contributed by atoms with Crippen LogP contribution in [0.25, 0.3) is 6.08 Å². The van der Waals surface area contributed by atoms with Gasteiger partial charge in [0, 0.05) is 6.42 Å². The Hall–Kier alpha value is -3.41. The van der Waals surface area contributed by atoms with E-state index >= 15 is 0 Å². The lowest BCUT2D eigenvalue weighted by molar-refractivity contribution is -0.122. The Morgan fingerprint density at radius 2 is 1.88 bits per heavy atom. The van der Waals surface area contributed by atoms with Gasteiger partial charge in [-0.1, -0.05) is 24.3 Å². The highest BCUT2D eigenvalue weighted by Gasteiger charge is 2.25. The van der Waals surface area contributed by atoms with Crippen LogP contribution in [0.2, 0.25) is 0 Å². The summed E-state index contributed by atoms with van der Waals surface area (Å²) in [5.74, 6) is 0.365. The van der Waals surface area contributed by atoms with Gasteiger partial charge in [-0.05, 0) is 41.5 Å². The number of allylic oxidation sites excluding steroid dienone is 1. The van der Waals surface area contributed by atoms with Crippen molar-refractivity contribution in [3.8, 4) is 17.2 Å². The number of rotatable bonds is 7. The van der Waals surface area contributed by atoms with Crippen molar-refractivity contribution in [2.45, 2.75) is 6.42 Å². The summed E-state index contributed by atoms with van der Waals surface area (Å²) in [5, 5.41) is 28.0. The summed E-state index contributed by atoms with van der Waals surface area (Å²) in [6, 6.07) is 10.9. The first-order valence-corrected chi connectivity index (χ1v) is 7.56. The molecule has 0 amide bonds. The summed E-state index contributed by atoms with van der Waals surface area (Å²) >= 11 is 0. The first-order valence-electron chi connectivity index (χ1n) is 7.56. The number of ketones is 1. The highest BCUT2D eigenvalue weighted by atomic mass is 16.7. The summed E-state index contributed by atoms with van der Waals surface area (Å²) in [6.07, 6.45) is 3.49. The van der Waals surface area contributed by atoms with Gasteiger partial charge in [-0.25, -0.2) is 0 Å². The molecule has 0 radical (unpaired) electrons. The van der Waals surface area contributed by atoms with Crippen LogP contribution < -0.4 is 0 Å². The number of ether oxygens (including phenoxy) is 2. The van der Waals surface area contributed by atoms with E-state index in [-0.39, 0.29) is 42.0 Å². The van der Waals surface area contributed by atoms with Gasteiger partial charge >= 0.3 is 5.95 Å². The van der Waals surface area contributed by atoms with Crippen LogP contribution in [0.5, 0.6) is 17.2 Å². The predicted octanol–water partition coefficient (Wildman–Crippen LogP) is 2.84. The number of hydrogen-bond donors (Lipinski definition) is 3. The average Bonchev–Trinajstić information content (AvgIpc) is 3.33. The summed E-state index contributed by atoms with van der Waals surface area (Å²) in [5.41, 5.74) is 1.39. The van der Waals surface area contributed by atoms with Crippen molar-refractivity contribution in [3.05, 3.63) is 71.4 Å². The lowest BCUT2D eigenvalue weighted by Crippen LogP contribution is -2.09. The number of carbonyl (C=O) groups is 1. The summed E-state index contributed by atoms with van der Waals surface area (Å²) in [4.78, 5) is 11.9. The molecule has 0 unspecified atom stereocenters. The SMILES string of the molecule is O=C(COC1=C(/C=C/c2ccc(O)c(O)c2)O1)Cc1cccc(O)c1. The lowest BCUT2D eigenvalue weighted by atomic mass is 10.1. The van der Waals surface area contributed by atoms with Gasteiger partial charge in [0.2, 0.25) is 5.76 Å². The van der Waals surface area contributed by atoms with Crippen LogP contribution in [-0.2, 0) is 20.7 Å². The number of Topliss-reactive ketones (excluding diaryl/α,β-unsaturated/α-hetero) is 1. The van der Waals surface area contributed by atoms with Crippen LogP contribution in [0.3, 0.4) is 0 Å². The van der Waals surface area contributed by atoms with E-state index in [1.165, 1.54) is 18.2 Å². The number of phenolic OH excluding ortho intramolecular Hbond substituents is 3. The minimum atomic E-state index is -0.207. The maximum Gasteiger partial charge on any atom is 0.330 e. The molecule has 2 aromatic rings. The Labute approximate surface area is 143 Å². The van der Waals surface area contributed by atoms with Crippen LogP contribution in [0.15, 0.2) is 60.2 Å². The van der Waals surface area contributed by atoms with Crippen molar-refractivity contribution in [3.63, 3.8) is 0 Å². The van der Waals surface area contributed by atoms with E-state index in [0.717, 1.165) is 0 Å². The molecular formula is C19H16O6. The smallest absolute Gasteiger partial charge is 0.330 e. The molecule has 3 N–H and O–H groups in total. The molecule has 1 aliphatic heterocycles. The Bertz CT molecular complexity index is 866. The van der Waals surface area contributed by atoms with Gasteiger partial charge in [0.05, 0.1) is 0 Å². The Morgan fingerprint density at radius 3 is 2.64 bits per heavy atom. The summed E-state index contributed by atoms with van der Waals surface area (Å²) < 4.78 is 10.4. The molecule has 6 heteroatoms. The van der Waals surface area contributed by atoms with Gasteiger partial charge in [0.25, 0.3) is 0 Å². The molecule has 0 bridgehead atoms. The standard InChI is InChI=1S/C19H16O6/c20-14-3-1-2-13(8-14)9-15(21)11-24-19-18(25-19)7-5-12-4-6-16(22)17(23)10-12/h1-8,10,20,22-23H,9,11H2/b7-5+. The van der Waals surface area contributed by atoms with Crippen LogP contribution >= 0.6 is 0 Å². The minimum Gasteiger partial charge on any atom is -0.508 e. The normalized spacial score (nSPS) is 13.0. The molecule has 0 aliphatic carbocycles. The van der Waals surface area contributed by atoms with Crippen molar-refractivity contribution in [1.82, 2.24) is 0 Å². The zero-order valence-electron chi connectivity index (χ0n) is 13.2. The molecule has 0 spiro atoms. The zero-order valence-corrected chi connectivity index (χ0v) is 13.2. The number of aromatic hydroxyl groups is 3. The molecular weight excluding hydrogens is 324 g/mol. The molecule has 0 atom stereocenters. The summed E-state index contributed by atoms with van der Waals surface area (Å²) in [7, 11) is 0. The largest absolute Gasteiger partial charge is 0.508 e. The Balaban J connectivity index is 1.49. The van der Waals surface area contributed by atoms with Crippen LogP contribution in [0.4, 0.5) is 0 Å². The van der Waals surface area contributed by atoms with E-state index in [1.54, 1.807) is 36.4 Å². The van der Waals surface area contributed by atoms with Crippen molar-refractivity contribution >= 4 is 11.9 Å². The molecule has 0 fully saturated rings. The zero-order chi connectivity index (χ0) is 17.8. The number of benzene rings is 2. The molecule has 1 aliphatic rings. The van der Waals surface area contributed by atoms with Crippen LogP contribution in [0.1, 0.15) is 11.1 Å². The average molecular weight is 340 g/mol. The van der Waals surface area contributed by atoms with Crippen molar-refractivity contribution in [1.29, 1.82) is 0 Å². The predicted molar refractivity (Wildman–Crippen MR) is 89.7 cm³/mol. The maximum absolute atomic E-state index is 11.9. The fraction of sp³-hybridized carbons (Fsp3) is 0.105. The van der Waals surface area contributed by atoms with Gasteiger partial charge in [0.1, 0.15) is 5.75 Å². The number of carbonyl (C=O) groups excluding carboxylic acids is 1. The van der Waals surface area contributed by atoms with Crippen molar-refractivity contribution in [2.24, 2.45) is 0 Å². The second-order valence-corrected chi connectivity index (χ2v) is 5.51. The molecule has 128 valence electrons. The van der Waals surface area contributed by atoms with Crippen LogP contribution in [0, 0.1) is 0 Å². The van der Waals surface area contributed by atoms with E-state index in [1.807, 2.05) is 0 Å². The Morgan fingerprint density at radius 1 is 1.04 bits per heavy atom. The third kappa shape index (κ3) is 4.54. The molecule has 6 nitrogen and oxygen atoms in total. The number of phenols is 3. The third-order valence-electron chi connectivity index (χ3n) is 3.46. The van der Waals surface area contributed by atoms with Gasteiger partial charge in [-0.15, -0.1) is 0 Å². The fourth-order valence-electron chi connectivity index (χ4n) is 2.18. The quantitative estimate of drug-likeness (QED) is 0.670. The van der Waals surface area contributed by atoms with Gasteiger partial charge in [-0.3, -0.25) is 4.79 Å². The topological polar surface area (TPSA) is 99.5 Å². The monoisotopic (exact) mass is 340 g/mol. The molecule has 0 aromatic heterocycles. The van der Waals surface area contributed by atoms with Crippen molar-refractivity contribution in [2.75, 3.05) is 6.61 Å². The lowest BCUT2D eigenvalue weighted by Gasteiger charge is -2.01.